The molecule has 3 heterocycles. The van der Waals surface area contributed by atoms with E-state index in [1.807, 2.05) is 24.3 Å². The van der Waals surface area contributed by atoms with Crippen LogP contribution in [0.4, 0.5) is 0 Å². The van der Waals surface area contributed by atoms with E-state index in [2.05, 4.69) is 38.5 Å². The molecule has 0 radical (unpaired) electrons. The van der Waals surface area contributed by atoms with Crippen molar-refractivity contribution in [2.45, 2.75) is 38.5 Å². The fraction of sp³-hybridized carbons (Fsp3) is 0.333. The second kappa shape index (κ2) is 11.5. The molecule has 1 saturated heterocycles. The Bertz CT molecular complexity index is 1330. The molecule has 0 aliphatic carbocycles. The van der Waals surface area contributed by atoms with Gasteiger partial charge in [-0.3, -0.25) is 9.69 Å². The van der Waals surface area contributed by atoms with Crippen LogP contribution in [0, 0.1) is 0 Å². The van der Waals surface area contributed by atoms with Crippen LogP contribution in [0.3, 0.4) is 0 Å². The average Bonchev–Trinajstić information content (AvgIpc) is 3.65. The smallest absolute Gasteiger partial charge is 0.273 e. The maximum atomic E-state index is 12.5. The Morgan fingerprint density at radius 2 is 2.03 bits per heavy atom. The lowest BCUT2D eigenvalue weighted by Gasteiger charge is -2.21. The van der Waals surface area contributed by atoms with Gasteiger partial charge in [-0.1, -0.05) is 53.5 Å². The van der Waals surface area contributed by atoms with Crippen LogP contribution in [0.25, 0.3) is 10.9 Å². The van der Waals surface area contributed by atoms with E-state index in [9.17, 15) is 4.79 Å². The van der Waals surface area contributed by atoms with E-state index in [1.165, 1.54) is 17.2 Å². The minimum atomic E-state index is -0.260. The maximum Gasteiger partial charge on any atom is 0.273 e. The summed E-state index contributed by atoms with van der Waals surface area (Å²) >= 11 is 12.7. The predicted octanol–water partition coefficient (Wildman–Crippen LogP) is 5.62. The van der Waals surface area contributed by atoms with E-state index in [0.717, 1.165) is 43.5 Å². The largest absolute Gasteiger partial charge is 0.447 e. The lowest BCUT2D eigenvalue weighted by molar-refractivity contribution is 0.0853. The summed E-state index contributed by atoms with van der Waals surface area (Å²) in [5, 5.41) is 5.15. The first-order valence-electron chi connectivity index (χ1n) is 12.1. The Kier molecular flexibility index (Phi) is 7.92. The van der Waals surface area contributed by atoms with E-state index < -0.39 is 0 Å². The third-order valence-electron chi connectivity index (χ3n) is 6.46. The molecule has 188 valence electrons. The third kappa shape index (κ3) is 5.93. The standard InChI is InChI=1S/C27H28Cl2N4O3/c28-22-8-3-5-19(26(22)29)15-33(11-10-18-13-30-23-9-2-1-7-21(18)23)16-25-32-24(17-36-25)27(34)31-14-20-6-4-12-35-20/h1-3,5,7-9,13,17,20,30H,4,6,10-12,14-16H2,(H,31,34)/t20-/m0/s1. The van der Waals surface area contributed by atoms with Gasteiger partial charge in [0, 0.05) is 43.3 Å². The van der Waals surface area contributed by atoms with Crippen molar-refractivity contribution in [3.8, 4) is 0 Å². The molecule has 0 spiro atoms. The van der Waals surface area contributed by atoms with Gasteiger partial charge in [0.25, 0.3) is 5.91 Å². The second-order valence-electron chi connectivity index (χ2n) is 9.00. The number of amides is 1. The first-order valence-corrected chi connectivity index (χ1v) is 12.9. The Balaban J connectivity index is 1.28. The molecule has 36 heavy (non-hydrogen) atoms. The van der Waals surface area contributed by atoms with Crippen molar-refractivity contribution in [2.24, 2.45) is 0 Å². The number of oxazole rings is 1. The summed E-state index contributed by atoms with van der Waals surface area (Å²) in [4.78, 5) is 22.5. The molecule has 2 aromatic heterocycles. The number of hydrogen-bond acceptors (Lipinski definition) is 5. The quantitative estimate of drug-likeness (QED) is 0.280. The number of hydrogen-bond donors (Lipinski definition) is 2. The summed E-state index contributed by atoms with van der Waals surface area (Å²) in [5.74, 6) is 0.207. The number of nitrogens with one attached hydrogen (secondary N) is 2. The van der Waals surface area contributed by atoms with Crippen LogP contribution in [0.15, 0.2) is 59.3 Å². The van der Waals surface area contributed by atoms with Crippen LogP contribution in [-0.4, -0.2) is 46.6 Å². The van der Waals surface area contributed by atoms with E-state index in [-0.39, 0.29) is 17.7 Å². The zero-order valence-corrected chi connectivity index (χ0v) is 21.3. The lowest BCUT2D eigenvalue weighted by Crippen LogP contribution is -2.32. The number of fused-ring (bicyclic) bond motifs is 1. The molecular weight excluding hydrogens is 499 g/mol. The SMILES string of the molecule is O=C(NC[C@@H]1CCCO1)c1coc(CN(CCc2c[nH]c3ccccc23)Cc2cccc(Cl)c2Cl)n1. The van der Waals surface area contributed by atoms with E-state index in [0.29, 0.717) is 35.6 Å². The fourth-order valence-electron chi connectivity index (χ4n) is 4.52. The summed E-state index contributed by atoms with van der Waals surface area (Å²) in [6.07, 6.45) is 6.34. The number of halogens is 2. The van der Waals surface area contributed by atoms with Crippen LogP contribution >= 0.6 is 23.2 Å². The van der Waals surface area contributed by atoms with Crippen molar-refractivity contribution in [3.63, 3.8) is 0 Å². The number of aromatic nitrogens is 2. The van der Waals surface area contributed by atoms with Crippen LogP contribution in [-0.2, 0) is 24.2 Å². The van der Waals surface area contributed by atoms with Crippen LogP contribution in [0.2, 0.25) is 10.0 Å². The van der Waals surface area contributed by atoms with Crippen LogP contribution in [0.5, 0.6) is 0 Å². The molecule has 0 bridgehead atoms. The molecule has 0 saturated carbocycles. The number of ether oxygens (including phenoxy) is 1. The van der Waals surface area contributed by atoms with Crippen molar-refractivity contribution in [1.82, 2.24) is 20.2 Å². The predicted molar refractivity (Wildman–Crippen MR) is 140 cm³/mol. The van der Waals surface area contributed by atoms with E-state index in [4.69, 9.17) is 32.4 Å². The Morgan fingerprint density at radius 3 is 2.89 bits per heavy atom. The monoisotopic (exact) mass is 526 g/mol. The van der Waals surface area contributed by atoms with Crippen molar-refractivity contribution in [2.75, 3.05) is 19.7 Å². The molecule has 9 heteroatoms. The van der Waals surface area contributed by atoms with Crippen molar-refractivity contribution >= 4 is 40.0 Å². The maximum absolute atomic E-state index is 12.5. The Hall–Kier alpha value is -2.84. The molecule has 1 aliphatic rings. The normalized spacial score (nSPS) is 15.7. The molecule has 1 fully saturated rings. The van der Waals surface area contributed by atoms with E-state index in [1.54, 1.807) is 6.07 Å². The zero-order valence-electron chi connectivity index (χ0n) is 19.8. The number of nitrogens with zero attached hydrogens (tertiary/aromatic N) is 2. The van der Waals surface area contributed by atoms with Gasteiger partial charge in [0.2, 0.25) is 5.89 Å². The number of H-pyrrole nitrogens is 1. The van der Waals surface area contributed by atoms with Gasteiger partial charge < -0.3 is 19.5 Å². The van der Waals surface area contributed by atoms with E-state index >= 15 is 0 Å². The minimum absolute atomic E-state index is 0.0720. The summed E-state index contributed by atoms with van der Waals surface area (Å²) in [7, 11) is 0. The molecule has 5 rings (SSSR count). The van der Waals surface area contributed by atoms with Gasteiger partial charge in [-0.05, 0) is 42.5 Å². The molecule has 1 aliphatic heterocycles. The summed E-state index contributed by atoms with van der Waals surface area (Å²) in [5.41, 5.74) is 3.53. The highest BCUT2D eigenvalue weighted by atomic mass is 35.5. The molecule has 4 aromatic rings. The zero-order chi connectivity index (χ0) is 24.9. The number of carbonyl (C=O) groups excluding carboxylic acids is 1. The Morgan fingerprint density at radius 1 is 1.14 bits per heavy atom. The molecular formula is C27H28Cl2N4O3. The number of carbonyl (C=O) groups is 1. The fourth-order valence-corrected chi connectivity index (χ4v) is 4.90. The summed E-state index contributed by atoms with van der Waals surface area (Å²) < 4.78 is 11.2. The average molecular weight is 527 g/mol. The molecule has 7 nitrogen and oxygen atoms in total. The molecule has 1 atom stereocenters. The van der Waals surface area contributed by atoms with Gasteiger partial charge in [-0.15, -0.1) is 0 Å². The van der Waals surface area contributed by atoms with Gasteiger partial charge >= 0.3 is 0 Å². The van der Waals surface area contributed by atoms with Crippen molar-refractivity contribution in [3.05, 3.63) is 87.7 Å². The van der Waals surface area contributed by atoms with Gasteiger partial charge in [0.05, 0.1) is 22.7 Å². The number of benzene rings is 2. The second-order valence-corrected chi connectivity index (χ2v) is 9.79. The van der Waals surface area contributed by atoms with Gasteiger partial charge in [0.15, 0.2) is 5.69 Å². The molecule has 0 unspecified atom stereocenters. The topological polar surface area (TPSA) is 83.4 Å². The third-order valence-corrected chi connectivity index (χ3v) is 7.31. The minimum Gasteiger partial charge on any atom is -0.447 e. The molecule has 1 amide bonds. The number of rotatable bonds is 10. The first kappa shape index (κ1) is 24.8. The van der Waals surface area contributed by atoms with Gasteiger partial charge in [-0.2, -0.15) is 0 Å². The number of para-hydroxylation sites is 1. The van der Waals surface area contributed by atoms with Crippen LogP contribution < -0.4 is 5.32 Å². The highest BCUT2D eigenvalue weighted by Gasteiger charge is 2.20. The van der Waals surface area contributed by atoms with Crippen LogP contribution in [0.1, 0.15) is 40.3 Å². The van der Waals surface area contributed by atoms with Crippen molar-refractivity contribution in [1.29, 1.82) is 0 Å². The summed E-state index contributed by atoms with van der Waals surface area (Å²) in [6, 6.07) is 13.9. The Labute approximate surface area is 219 Å². The molecule has 2 N–H and O–H groups in total. The first-order chi connectivity index (χ1) is 17.6. The summed E-state index contributed by atoms with van der Waals surface area (Å²) in [6.45, 7) is 2.94. The highest BCUT2D eigenvalue weighted by molar-refractivity contribution is 6.42. The lowest BCUT2D eigenvalue weighted by atomic mass is 10.1. The number of aromatic amines is 1. The van der Waals surface area contributed by atoms with Gasteiger partial charge in [0.1, 0.15) is 6.26 Å². The van der Waals surface area contributed by atoms with Crippen molar-refractivity contribution < 1.29 is 13.9 Å². The van der Waals surface area contributed by atoms with Gasteiger partial charge in [-0.25, -0.2) is 4.98 Å². The molecule has 2 aromatic carbocycles. The highest BCUT2D eigenvalue weighted by Crippen LogP contribution is 2.27.